The van der Waals surface area contributed by atoms with Crippen LogP contribution in [0.2, 0.25) is 10.0 Å². The van der Waals surface area contributed by atoms with Gasteiger partial charge >= 0.3 is 5.97 Å². The van der Waals surface area contributed by atoms with Crippen LogP contribution in [0.1, 0.15) is 11.3 Å². The third-order valence-electron chi connectivity index (χ3n) is 3.82. The van der Waals surface area contributed by atoms with Crippen molar-refractivity contribution in [1.82, 2.24) is 0 Å². The van der Waals surface area contributed by atoms with Crippen molar-refractivity contribution < 1.29 is 13.9 Å². The Morgan fingerprint density at radius 2 is 1.67 bits per heavy atom. The van der Waals surface area contributed by atoms with Crippen molar-refractivity contribution in [1.29, 1.82) is 0 Å². The molecule has 0 unspecified atom stereocenters. The van der Waals surface area contributed by atoms with E-state index in [1.807, 2.05) is 24.3 Å². The molecule has 27 heavy (non-hydrogen) atoms. The highest BCUT2D eigenvalue weighted by atomic mass is 127. The lowest BCUT2D eigenvalue weighted by atomic mass is 10.2. The van der Waals surface area contributed by atoms with Gasteiger partial charge in [-0.2, -0.15) is 0 Å². The lowest BCUT2D eigenvalue weighted by molar-refractivity contribution is -0.129. The first-order chi connectivity index (χ1) is 13.0. The number of halogens is 3. The molecule has 134 valence electrons. The van der Waals surface area contributed by atoms with Crippen LogP contribution in [0.3, 0.4) is 0 Å². The topological polar surface area (TPSA) is 51.8 Å². The van der Waals surface area contributed by atoms with E-state index in [2.05, 4.69) is 27.6 Å². The lowest BCUT2D eigenvalue weighted by Gasteiger charge is -1.99. The highest BCUT2D eigenvalue weighted by Crippen LogP contribution is 2.30. The van der Waals surface area contributed by atoms with Crippen LogP contribution < -0.4 is 0 Å². The molecule has 0 amide bonds. The molecule has 0 bridgehead atoms. The molecule has 0 saturated carbocycles. The van der Waals surface area contributed by atoms with E-state index in [0.717, 1.165) is 14.7 Å². The van der Waals surface area contributed by atoms with Crippen LogP contribution >= 0.6 is 45.8 Å². The Hall–Kier alpha value is -2.09. The van der Waals surface area contributed by atoms with Gasteiger partial charge in [-0.15, -0.1) is 0 Å². The molecule has 0 saturated heterocycles. The van der Waals surface area contributed by atoms with Crippen molar-refractivity contribution in [3.05, 3.63) is 85.2 Å². The number of carbonyl (C=O) groups excluding carboxylic acids is 1. The zero-order valence-electron chi connectivity index (χ0n) is 13.6. The summed E-state index contributed by atoms with van der Waals surface area (Å²) in [6.07, 6.45) is 1.54. The van der Waals surface area contributed by atoms with Gasteiger partial charge in [0.05, 0.1) is 10.0 Å². The van der Waals surface area contributed by atoms with E-state index in [0.29, 0.717) is 21.6 Å². The molecular weight excluding hydrogens is 500 g/mol. The lowest BCUT2D eigenvalue weighted by Crippen LogP contribution is -2.05. The highest BCUT2D eigenvalue weighted by molar-refractivity contribution is 14.1. The van der Waals surface area contributed by atoms with E-state index >= 15 is 0 Å². The first kappa shape index (κ1) is 18.3. The molecule has 2 aromatic carbocycles. The second-order valence-corrected chi connectivity index (χ2v) is 7.73. The fraction of sp³-hybridized carbons (Fsp3) is 0. The number of hydrogen-bond donors (Lipinski definition) is 0. The zero-order chi connectivity index (χ0) is 19.0. The fourth-order valence-corrected chi connectivity index (χ4v) is 3.15. The summed E-state index contributed by atoms with van der Waals surface area (Å²) in [6, 6.07) is 16.3. The largest absolute Gasteiger partial charge is 0.457 e. The summed E-state index contributed by atoms with van der Waals surface area (Å²) in [7, 11) is 0. The minimum Gasteiger partial charge on any atom is -0.457 e. The first-order valence-corrected chi connectivity index (χ1v) is 9.67. The molecule has 2 heterocycles. The molecule has 0 atom stereocenters. The third kappa shape index (κ3) is 3.95. The SMILES string of the molecule is O=C1OC(c2ccc(I)cc2)=N/C1=C\c1ccc(-c2ccc(Cl)c(Cl)c2)o1. The average molecular weight is 510 g/mol. The Morgan fingerprint density at radius 3 is 2.41 bits per heavy atom. The second kappa shape index (κ2) is 7.50. The van der Waals surface area contributed by atoms with Crippen LogP contribution in [-0.2, 0) is 9.53 Å². The smallest absolute Gasteiger partial charge is 0.363 e. The van der Waals surface area contributed by atoms with Crippen LogP contribution in [-0.4, -0.2) is 11.9 Å². The molecule has 1 aliphatic heterocycles. The number of carbonyl (C=O) groups is 1. The van der Waals surface area contributed by atoms with E-state index in [4.69, 9.17) is 32.4 Å². The molecule has 3 aromatic rings. The maximum absolute atomic E-state index is 12.1. The summed E-state index contributed by atoms with van der Waals surface area (Å²) in [4.78, 5) is 16.4. The maximum Gasteiger partial charge on any atom is 0.363 e. The Morgan fingerprint density at radius 1 is 0.926 bits per heavy atom. The van der Waals surface area contributed by atoms with Gasteiger partial charge < -0.3 is 9.15 Å². The molecule has 4 nitrogen and oxygen atoms in total. The summed E-state index contributed by atoms with van der Waals surface area (Å²) < 4.78 is 12.1. The molecule has 1 aromatic heterocycles. The summed E-state index contributed by atoms with van der Waals surface area (Å²) in [5, 5.41) is 0.914. The predicted molar refractivity (Wildman–Crippen MR) is 114 cm³/mol. The summed E-state index contributed by atoms with van der Waals surface area (Å²) in [5.74, 6) is 0.846. The van der Waals surface area contributed by atoms with Crippen molar-refractivity contribution in [2.75, 3.05) is 0 Å². The van der Waals surface area contributed by atoms with Crippen molar-refractivity contribution in [2.45, 2.75) is 0 Å². The van der Waals surface area contributed by atoms with Gasteiger partial charge in [-0.1, -0.05) is 23.2 Å². The molecule has 0 spiro atoms. The number of hydrogen-bond acceptors (Lipinski definition) is 4. The van der Waals surface area contributed by atoms with E-state index < -0.39 is 5.97 Å². The Kier molecular flexibility index (Phi) is 5.08. The number of cyclic esters (lactones) is 1. The van der Waals surface area contributed by atoms with Crippen LogP contribution in [0.4, 0.5) is 0 Å². The van der Waals surface area contributed by atoms with E-state index in [1.165, 1.54) is 0 Å². The average Bonchev–Trinajstić information content (AvgIpc) is 3.26. The van der Waals surface area contributed by atoms with Crippen molar-refractivity contribution >= 4 is 63.7 Å². The van der Waals surface area contributed by atoms with E-state index in [9.17, 15) is 4.79 Å². The molecule has 0 radical (unpaired) electrons. The number of benzene rings is 2. The number of nitrogens with zero attached hydrogens (tertiary/aromatic N) is 1. The minimum atomic E-state index is -0.518. The maximum atomic E-state index is 12.1. The highest BCUT2D eigenvalue weighted by Gasteiger charge is 2.24. The first-order valence-electron chi connectivity index (χ1n) is 7.83. The quantitative estimate of drug-likeness (QED) is 0.240. The Bertz CT molecular complexity index is 1100. The number of rotatable bonds is 3. The van der Waals surface area contributed by atoms with Crippen molar-refractivity contribution in [2.24, 2.45) is 4.99 Å². The monoisotopic (exact) mass is 509 g/mol. The number of aliphatic imine (C=N–C) groups is 1. The van der Waals surface area contributed by atoms with Crippen LogP contribution in [0.25, 0.3) is 17.4 Å². The number of ether oxygens (including phenoxy) is 1. The van der Waals surface area contributed by atoms with E-state index in [1.54, 1.807) is 36.4 Å². The zero-order valence-corrected chi connectivity index (χ0v) is 17.2. The summed E-state index contributed by atoms with van der Waals surface area (Å²) in [5.41, 5.74) is 1.70. The van der Waals surface area contributed by atoms with Gasteiger partial charge in [-0.3, -0.25) is 0 Å². The molecule has 1 aliphatic rings. The molecule has 4 rings (SSSR count). The van der Waals surface area contributed by atoms with Crippen LogP contribution in [0.15, 0.2) is 69.7 Å². The number of furan rings is 1. The third-order valence-corrected chi connectivity index (χ3v) is 5.28. The molecule has 0 aliphatic carbocycles. The second-order valence-electron chi connectivity index (χ2n) is 5.67. The summed E-state index contributed by atoms with van der Waals surface area (Å²) >= 11 is 14.2. The number of esters is 1. The van der Waals surface area contributed by atoms with Gasteiger partial charge in [0.1, 0.15) is 11.5 Å². The van der Waals surface area contributed by atoms with Gasteiger partial charge in [-0.25, -0.2) is 9.79 Å². The van der Waals surface area contributed by atoms with E-state index in [-0.39, 0.29) is 11.6 Å². The van der Waals surface area contributed by atoms with Gasteiger partial charge in [0, 0.05) is 20.8 Å². The van der Waals surface area contributed by atoms with Crippen LogP contribution in [0.5, 0.6) is 0 Å². The molecule has 0 N–H and O–H groups in total. The molecule has 0 fully saturated rings. The molecule has 7 heteroatoms. The Labute approximate surface area is 178 Å². The Balaban J connectivity index is 1.61. The molecular formula is C20H10Cl2INO3. The predicted octanol–water partition coefficient (Wildman–Crippen LogP) is 6.20. The summed E-state index contributed by atoms with van der Waals surface area (Å²) in [6.45, 7) is 0. The van der Waals surface area contributed by atoms with Crippen molar-refractivity contribution in [3.8, 4) is 11.3 Å². The van der Waals surface area contributed by atoms with Gasteiger partial charge in [-0.05, 0) is 77.2 Å². The van der Waals surface area contributed by atoms with Crippen LogP contribution in [0, 0.1) is 3.57 Å². The minimum absolute atomic E-state index is 0.179. The fourth-order valence-electron chi connectivity index (χ4n) is 2.49. The van der Waals surface area contributed by atoms with Gasteiger partial charge in [0.2, 0.25) is 5.90 Å². The van der Waals surface area contributed by atoms with Gasteiger partial charge in [0.15, 0.2) is 5.70 Å². The normalized spacial score (nSPS) is 15.1. The standard InChI is InChI=1S/C20H10Cl2INO3/c21-15-7-3-12(9-16(15)22)18-8-6-14(26-18)10-17-20(25)27-19(24-17)11-1-4-13(23)5-2-11/h1-10H/b17-10-. The van der Waals surface area contributed by atoms with Crippen molar-refractivity contribution in [3.63, 3.8) is 0 Å². The van der Waals surface area contributed by atoms with Gasteiger partial charge in [0.25, 0.3) is 0 Å².